The number of aromatic hydroxyl groups is 1. The van der Waals surface area contributed by atoms with Crippen LogP contribution < -0.4 is 10.1 Å². The molecule has 0 radical (unpaired) electrons. The second kappa shape index (κ2) is 6.80. The van der Waals surface area contributed by atoms with Crippen molar-refractivity contribution < 1.29 is 14.2 Å². The summed E-state index contributed by atoms with van der Waals surface area (Å²) in [5, 5.41) is 12.8. The van der Waals surface area contributed by atoms with Gasteiger partial charge < -0.3 is 15.2 Å². The Bertz CT molecular complexity index is 572. The summed E-state index contributed by atoms with van der Waals surface area (Å²) in [6.07, 6.45) is 0.930. The molecule has 0 aliphatic carbocycles. The van der Waals surface area contributed by atoms with Gasteiger partial charge in [0.25, 0.3) is 0 Å². The third-order valence-electron chi connectivity index (χ3n) is 2.89. The summed E-state index contributed by atoms with van der Waals surface area (Å²) in [6.45, 7) is 3.01. The number of phenolic OH excluding ortho intramolecular Hbond substituents is 1. The van der Waals surface area contributed by atoms with Crippen LogP contribution >= 0.6 is 0 Å². The molecule has 20 heavy (non-hydrogen) atoms. The summed E-state index contributed by atoms with van der Waals surface area (Å²) in [7, 11) is 0. The molecule has 2 aromatic rings. The van der Waals surface area contributed by atoms with Crippen molar-refractivity contribution in [1.29, 1.82) is 0 Å². The second-order valence-electron chi connectivity index (χ2n) is 4.45. The first-order chi connectivity index (χ1) is 9.72. The number of phenols is 1. The van der Waals surface area contributed by atoms with Gasteiger partial charge in [0.1, 0.15) is 5.75 Å². The maximum absolute atomic E-state index is 13.2. The molecule has 0 unspecified atom stereocenters. The van der Waals surface area contributed by atoms with E-state index in [4.69, 9.17) is 4.74 Å². The van der Waals surface area contributed by atoms with Crippen LogP contribution in [-0.2, 0) is 6.54 Å². The lowest BCUT2D eigenvalue weighted by molar-refractivity contribution is 0.319. The lowest BCUT2D eigenvalue weighted by atomic mass is 10.2. The number of halogens is 1. The molecule has 2 aromatic carbocycles. The number of ether oxygens (including phenoxy) is 1. The number of para-hydroxylation sites is 3. The summed E-state index contributed by atoms with van der Waals surface area (Å²) in [5.41, 5.74) is 1.33. The maximum atomic E-state index is 13.2. The van der Waals surface area contributed by atoms with E-state index in [0.29, 0.717) is 18.7 Å². The van der Waals surface area contributed by atoms with E-state index in [2.05, 4.69) is 5.32 Å². The molecule has 4 heteroatoms. The van der Waals surface area contributed by atoms with Gasteiger partial charge in [-0.1, -0.05) is 31.2 Å². The highest BCUT2D eigenvalue weighted by Crippen LogP contribution is 2.26. The third kappa shape index (κ3) is 3.41. The highest BCUT2D eigenvalue weighted by Gasteiger charge is 2.07. The van der Waals surface area contributed by atoms with Crippen molar-refractivity contribution in [2.75, 3.05) is 11.9 Å². The van der Waals surface area contributed by atoms with Gasteiger partial charge in [-0.05, 0) is 24.6 Å². The minimum atomic E-state index is -0.611. The van der Waals surface area contributed by atoms with Crippen LogP contribution in [0.4, 0.5) is 10.1 Å². The van der Waals surface area contributed by atoms with Crippen molar-refractivity contribution >= 4 is 5.69 Å². The smallest absolute Gasteiger partial charge is 0.165 e. The highest BCUT2D eigenvalue weighted by molar-refractivity contribution is 5.56. The molecule has 3 nitrogen and oxygen atoms in total. The number of benzene rings is 2. The van der Waals surface area contributed by atoms with Gasteiger partial charge in [-0.15, -0.1) is 0 Å². The van der Waals surface area contributed by atoms with Crippen LogP contribution in [0.3, 0.4) is 0 Å². The fraction of sp³-hybridized carbons (Fsp3) is 0.250. The lowest BCUT2D eigenvalue weighted by Gasteiger charge is -2.13. The van der Waals surface area contributed by atoms with Crippen LogP contribution in [0.25, 0.3) is 0 Å². The molecule has 0 fully saturated rings. The number of hydrogen-bond donors (Lipinski definition) is 2. The topological polar surface area (TPSA) is 41.5 Å². The Morgan fingerprint density at radius 3 is 2.75 bits per heavy atom. The van der Waals surface area contributed by atoms with Crippen molar-refractivity contribution in [3.8, 4) is 11.5 Å². The first-order valence-corrected chi connectivity index (χ1v) is 6.64. The van der Waals surface area contributed by atoms with Gasteiger partial charge in [0.05, 0.1) is 12.3 Å². The number of hydrogen-bond acceptors (Lipinski definition) is 3. The fourth-order valence-electron chi connectivity index (χ4n) is 1.84. The van der Waals surface area contributed by atoms with E-state index >= 15 is 0 Å². The van der Waals surface area contributed by atoms with Crippen molar-refractivity contribution in [3.05, 3.63) is 53.8 Å². The molecule has 2 N–H and O–H groups in total. The van der Waals surface area contributed by atoms with Crippen LogP contribution in [0, 0.1) is 5.82 Å². The second-order valence-corrected chi connectivity index (χ2v) is 4.45. The van der Waals surface area contributed by atoms with Crippen molar-refractivity contribution in [2.45, 2.75) is 19.9 Å². The molecule has 0 aromatic heterocycles. The van der Waals surface area contributed by atoms with E-state index in [1.54, 1.807) is 12.1 Å². The van der Waals surface area contributed by atoms with E-state index in [-0.39, 0.29) is 5.75 Å². The van der Waals surface area contributed by atoms with Gasteiger partial charge in [-0.25, -0.2) is 4.39 Å². The standard InChI is InChI=1S/C16H18FNO2/c1-2-10-20-15-9-4-3-8-14(15)18-11-12-6-5-7-13(17)16(12)19/h3-9,18-19H,2,10-11H2,1H3. The monoisotopic (exact) mass is 275 g/mol. The number of nitrogens with one attached hydrogen (secondary N) is 1. The maximum Gasteiger partial charge on any atom is 0.165 e. The van der Waals surface area contributed by atoms with Crippen LogP contribution in [0.2, 0.25) is 0 Å². The zero-order valence-corrected chi connectivity index (χ0v) is 11.4. The molecule has 0 saturated carbocycles. The van der Waals surface area contributed by atoms with Gasteiger partial charge >= 0.3 is 0 Å². The Morgan fingerprint density at radius 2 is 1.95 bits per heavy atom. The van der Waals surface area contributed by atoms with Crippen LogP contribution in [-0.4, -0.2) is 11.7 Å². The third-order valence-corrected chi connectivity index (χ3v) is 2.89. The van der Waals surface area contributed by atoms with Crippen molar-refractivity contribution in [1.82, 2.24) is 0 Å². The Morgan fingerprint density at radius 1 is 1.15 bits per heavy atom. The van der Waals surface area contributed by atoms with Crippen molar-refractivity contribution in [2.24, 2.45) is 0 Å². The molecule has 106 valence electrons. The van der Waals surface area contributed by atoms with Gasteiger partial charge in [0.15, 0.2) is 11.6 Å². The highest BCUT2D eigenvalue weighted by atomic mass is 19.1. The fourth-order valence-corrected chi connectivity index (χ4v) is 1.84. The Kier molecular flexibility index (Phi) is 4.82. The summed E-state index contributed by atoms with van der Waals surface area (Å²) in [5.74, 6) is -0.169. The zero-order valence-electron chi connectivity index (χ0n) is 11.4. The molecule has 0 heterocycles. The quantitative estimate of drug-likeness (QED) is 0.839. The van der Waals surface area contributed by atoms with E-state index in [9.17, 15) is 9.50 Å². The summed E-state index contributed by atoms with van der Waals surface area (Å²) in [6, 6.07) is 12.1. The predicted molar refractivity (Wildman–Crippen MR) is 77.6 cm³/mol. The normalized spacial score (nSPS) is 10.3. The molecule has 0 amide bonds. The molecular weight excluding hydrogens is 257 g/mol. The van der Waals surface area contributed by atoms with Crippen LogP contribution in [0.5, 0.6) is 11.5 Å². The van der Waals surface area contributed by atoms with Crippen LogP contribution in [0.1, 0.15) is 18.9 Å². The van der Waals surface area contributed by atoms with Crippen LogP contribution in [0.15, 0.2) is 42.5 Å². The van der Waals surface area contributed by atoms with Crippen molar-refractivity contribution in [3.63, 3.8) is 0 Å². The Labute approximate surface area is 118 Å². The Balaban J connectivity index is 2.09. The molecule has 0 bridgehead atoms. The Hall–Kier alpha value is -2.23. The lowest BCUT2D eigenvalue weighted by Crippen LogP contribution is -2.04. The molecule has 0 atom stereocenters. The molecule has 0 spiro atoms. The predicted octanol–water partition coefficient (Wildman–Crippen LogP) is 3.93. The van der Waals surface area contributed by atoms with Gasteiger partial charge in [-0.2, -0.15) is 0 Å². The SMILES string of the molecule is CCCOc1ccccc1NCc1cccc(F)c1O. The van der Waals surface area contributed by atoms with E-state index in [0.717, 1.165) is 17.9 Å². The average Bonchev–Trinajstić information content (AvgIpc) is 2.47. The van der Waals surface area contributed by atoms with E-state index in [1.807, 2.05) is 31.2 Å². The van der Waals surface area contributed by atoms with E-state index < -0.39 is 5.82 Å². The summed E-state index contributed by atoms with van der Waals surface area (Å²) >= 11 is 0. The summed E-state index contributed by atoms with van der Waals surface area (Å²) < 4.78 is 18.9. The van der Waals surface area contributed by atoms with E-state index in [1.165, 1.54) is 6.07 Å². The van der Waals surface area contributed by atoms with Gasteiger partial charge in [0.2, 0.25) is 0 Å². The largest absolute Gasteiger partial charge is 0.505 e. The first kappa shape index (κ1) is 14.2. The average molecular weight is 275 g/mol. The minimum absolute atomic E-state index is 0.313. The molecule has 0 aliphatic rings. The first-order valence-electron chi connectivity index (χ1n) is 6.64. The van der Waals surface area contributed by atoms with Gasteiger partial charge in [0, 0.05) is 12.1 Å². The molecular formula is C16H18FNO2. The summed E-state index contributed by atoms with van der Waals surface area (Å²) in [4.78, 5) is 0. The number of anilines is 1. The molecule has 0 saturated heterocycles. The zero-order chi connectivity index (χ0) is 14.4. The number of rotatable bonds is 6. The molecule has 0 aliphatic heterocycles. The van der Waals surface area contributed by atoms with Gasteiger partial charge in [-0.3, -0.25) is 0 Å². The molecule has 2 rings (SSSR count). The minimum Gasteiger partial charge on any atom is -0.505 e.